The van der Waals surface area contributed by atoms with Crippen LogP contribution in [-0.2, 0) is 11.2 Å². The van der Waals surface area contributed by atoms with Crippen molar-refractivity contribution in [2.75, 3.05) is 5.75 Å². The third-order valence-corrected chi connectivity index (χ3v) is 12.6. The third-order valence-electron chi connectivity index (χ3n) is 11.7. The van der Waals surface area contributed by atoms with Crippen LogP contribution in [0.4, 0.5) is 0 Å². The van der Waals surface area contributed by atoms with Crippen molar-refractivity contribution < 1.29 is 15.0 Å². The van der Waals surface area contributed by atoms with Gasteiger partial charge in [-0.3, -0.25) is 9.78 Å². The van der Waals surface area contributed by atoms with Crippen molar-refractivity contribution in [3.8, 4) is 5.82 Å². The van der Waals surface area contributed by atoms with Gasteiger partial charge in [-0.1, -0.05) is 49.4 Å². The van der Waals surface area contributed by atoms with Crippen LogP contribution in [0.15, 0.2) is 71.7 Å². The Hall–Kier alpha value is -3.40. The molecule has 8 rings (SSSR count). The highest BCUT2D eigenvalue weighted by Gasteiger charge is 2.68. The van der Waals surface area contributed by atoms with Crippen LogP contribution >= 0.6 is 11.8 Å². The fraction of sp³-hybridized carbons (Fsp3) is 0.457. The Kier molecular flexibility index (Phi) is 6.42. The third kappa shape index (κ3) is 4.01. The number of hydrogen-bond acceptors (Lipinski definition) is 8. The van der Waals surface area contributed by atoms with E-state index in [4.69, 9.17) is 5.10 Å². The number of carbonyl (C=O) groups is 1. The van der Waals surface area contributed by atoms with Gasteiger partial charge in [0.25, 0.3) is 0 Å². The standard InChI is InChI=1S/C35H37N5O3S/c1-33-16-21-18-38-40(30-9-5-6-14-36-30)27(21)15-22(33)10-11-23-24-12-13-35(43,34(24,2)17-28(41)32(23)33)29(42)20-44-31-19-37-25-7-3-4-8-26(25)39-31/h3-9,14-15,18-19,23-24,28,32,41,43H,10-13,16-17,20H2,1-2H3/t23?,24?,28-,32?,33?,34?,35-/m0/s1. The first-order valence-corrected chi connectivity index (χ1v) is 16.7. The van der Waals surface area contributed by atoms with Crippen molar-refractivity contribution in [1.82, 2.24) is 24.7 Å². The molecule has 4 aromatic rings. The molecule has 3 heterocycles. The summed E-state index contributed by atoms with van der Waals surface area (Å²) >= 11 is 1.33. The summed E-state index contributed by atoms with van der Waals surface area (Å²) in [6.07, 6.45) is 11.5. The minimum absolute atomic E-state index is 0.0617. The number of rotatable bonds is 5. The van der Waals surface area contributed by atoms with Crippen molar-refractivity contribution in [2.45, 2.75) is 69.1 Å². The Morgan fingerprint density at radius 3 is 2.70 bits per heavy atom. The molecular weight excluding hydrogens is 570 g/mol. The van der Waals surface area contributed by atoms with Crippen LogP contribution in [0.5, 0.6) is 0 Å². The number of ketones is 1. The number of Topliss-reactive ketones (excluding diaryl/α,β-unsaturated/α-hetero) is 1. The van der Waals surface area contributed by atoms with E-state index in [1.54, 1.807) is 12.4 Å². The molecule has 0 saturated heterocycles. The maximum Gasteiger partial charge on any atom is 0.175 e. The number of benzene rings is 1. The number of para-hydroxylation sites is 2. The molecule has 3 fully saturated rings. The number of hydrogen-bond donors (Lipinski definition) is 2. The molecule has 1 aromatic carbocycles. The number of allylic oxidation sites excluding steroid dienone is 1. The van der Waals surface area contributed by atoms with E-state index in [0.29, 0.717) is 17.9 Å². The van der Waals surface area contributed by atoms with Gasteiger partial charge in [0.15, 0.2) is 11.6 Å². The van der Waals surface area contributed by atoms with Gasteiger partial charge in [0, 0.05) is 11.6 Å². The molecule has 5 unspecified atom stereocenters. The van der Waals surface area contributed by atoms with E-state index in [2.05, 4.69) is 34.9 Å². The second-order valence-electron chi connectivity index (χ2n) is 13.8. The summed E-state index contributed by atoms with van der Waals surface area (Å²) < 4.78 is 1.92. The molecule has 0 aliphatic heterocycles. The van der Waals surface area contributed by atoms with E-state index in [0.717, 1.165) is 48.2 Å². The minimum Gasteiger partial charge on any atom is -0.393 e. The van der Waals surface area contributed by atoms with Crippen molar-refractivity contribution in [2.24, 2.45) is 28.6 Å². The molecule has 8 nitrogen and oxygen atoms in total. The van der Waals surface area contributed by atoms with Crippen LogP contribution in [0.1, 0.15) is 57.2 Å². The van der Waals surface area contributed by atoms with E-state index in [1.807, 2.05) is 53.3 Å². The molecule has 0 bridgehead atoms. The van der Waals surface area contributed by atoms with Gasteiger partial charge < -0.3 is 10.2 Å². The SMILES string of the molecule is CC12Cc3cnn(-c4ccccn4)c3C=C1CCC1C2[C@@H](O)CC2(C)C1CC[C@]2(O)C(=O)CSc1cnc2ccccc2n1. The van der Waals surface area contributed by atoms with E-state index >= 15 is 0 Å². The molecule has 3 aromatic heterocycles. The summed E-state index contributed by atoms with van der Waals surface area (Å²) in [5.74, 6) is 1.23. The molecule has 44 heavy (non-hydrogen) atoms. The molecule has 0 radical (unpaired) electrons. The molecule has 226 valence electrons. The van der Waals surface area contributed by atoms with Crippen molar-refractivity contribution in [3.63, 3.8) is 0 Å². The highest BCUT2D eigenvalue weighted by molar-refractivity contribution is 7.99. The maximum atomic E-state index is 13.9. The van der Waals surface area contributed by atoms with Gasteiger partial charge in [0.1, 0.15) is 10.6 Å². The summed E-state index contributed by atoms with van der Waals surface area (Å²) in [6.45, 7) is 4.38. The minimum atomic E-state index is -1.47. The second-order valence-corrected chi connectivity index (χ2v) is 14.7. The van der Waals surface area contributed by atoms with Gasteiger partial charge in [-0.05, 0) is 97.6 Å². The highest BCUT2D eigenvalue weighted by atomic mass is 32.2. The molecule has 4 aliphatic carbocycles. The number of carbonyl (C=O) groups excluding carboxylic acids is 1. The predicted octanol–water partition coefficient (Wildman–Crippen LogP) is 5.46. The van der Waals surface area contributed by atoms with Crippen LogP contribution in [0.2, 0.25) is 0 Å². The van der Waals surface area contributed by atoms with Crippen LogP contribution in [0.3, 0.4) is 0 Å². The van der Waals surface area contributed by atoms with Gasteiger partial charge in [-0.15, -0.1) is 0 Å². The summed E-state index contributed by atoms with van der Waals surface area (Å²) in [6, 6.07) is 13.5. The second kappa shape index (κ2) is 10.1. The van der Waals surface area contributed by atoms with Crippen LogP contribution in [0, 0.1) is 28.6 Å². The zero-order valence-electron chi connectivity index (χ0n) is 25.1. The maximum absolute atomic E-state index is 13.9. The number of aromatic nitrogens is 5. The van der Waals surface area contributed by atoms with Gasteiger partial charge in [-0.2, -0.15) is 5.10 Å². The molecular formula is C35H37N5O3S. The zero-order valence-corrected chi connectivity index (χ0v) is 25.9. The summed E-state index contributed by atoms with van der Waals surface area (Å²) in [5.41, 5.74) is 2.87. The molecule has 9 heteroatoms. The fourth-order valence-corrected chi connectivity index (χ4v) is 10.4. The van der Waals surface area contributed by atoms with Gasteiger partial charge in [-0.25, -0.2) is 14.6 Å². The largest absolute Gasteiger partial charge is 0.393 e. The first-order valence-electron chi connectivity index (χ1n) is 15.7. The first kappa shape index (κ1) is 28.1. The molecule has 2 N–H and O–H groups in total. The lowest BCUT2D eigenvalue weighted by Crippen LogP contribution is -2.62. The molecule has 3 saturated carbocycles. The lowest BCUT2D eigenvalue weighted by atomic mass is 9.45. The molecule has 0 amide bonds. The highest BCUT2D eigenvalue weighted by Crippen LogP contribution is 2.67. The molecule has 7 atom stereocenters. The van der Waals surface area contributed by atoms with Gasteiger partial charge >= 0.3 is 0 Å². The summed E-state index contributed by atoms with van der Waals surface area (Å²) in [4.78, 5) is 27.5. The van der Waals surface area contributed by atoms with E-state index in [-0.39, 0.29) is 34.7 Å². The van der Waals surface area contributed by atoms with Crippen molar-refractivity contribution in [3.05, 3.63) is 77.9 Å². The average molecular weight is 608 g/mol. The average Bonchev–Trinajstić information content (AvgIpc) is 3.55. The van der Waals surface area contributed by atoms with Gasteiger partial charge in [0.05, 0.1) is 41.0 Å². The number of nitrogens with zero attached hydrogens (tertiary/aromatic N) is 5. The number of aliphatic hydroxyl groups excluding tert-OH is 1. The Morgan fingerprint density at radius 2 is 1.89 bits per heavy atom. The number of pyridine rings is 1. The smallest absolute Gasteiger partial charge is 0.175 e. The number of thioether (sulfide) groups is 1. The lowest BCUT2D eigenvalue weighted by molar-refractivity contribution is -0.177. The Morgan fingerprint density at radius 1 is 1.07 bits per heavy atom. The van der Waals surface area contributed by atoms with Crippen molar-refractivity contribution >= 4 is 34.7 Å². The van der Waals surface area contributed by atoms with Crippen LogP contribution in [0.25, 0.3) is 22.9 Å². The number of fused-ring (bicyclic) bond motifs is 7. The van der Waals surface area contributed by atoms with E-state index in [9.17, 15) is 15.0 Å². The van der Waals surface area contributed by atoms with E-state index in [1.165, 1.54) is 22.9 Å². The summed E-state index contributed by atoms with van der Waals surface area (Å²) in [5, 5.41) is 29.5. The van der Waals surface area contributed by atoms with Crippen molar-refractivity contribution in [1.29, 1.82) is 0 Å². The quantitative estimate of drug-likeness (QED) is 0.288. The zero-order chi connectivity index (χ0) is 30.3. The predicted molar refractivity (Wildman–Crippen MR) is 169 cm³/mol. The van der Waals surface area contributed by atoms with E-state index < -0.39 is 17.1 Å². The Labute approximate surface area is 261 Å². The fourth-order valence-electron chi connectivity index (χ4n) is 9.58. The normalized spacial score (nSPS) is 34.0. The monoisotopic (exact) mass is 607 g/mol. The number of aliphatic hydroxyl groups is 2. The van der Waals surface area contributed by atoms with Gasteiger partial charge in [0.2, 0.25) is 0 Å². The first-order chi connectivity index (χ1) is 21.2. The Balaban J connectivity index is 1.04. The Bertz CT molecular complexity index is 1810. The van der Waals surface area contributed by atoms with Crippen LogP contribution < -0.4 is 0 Å². The van der Waals surface area contributed by atoms with Crippen LogP contribution in [-0.4, -0.2) is 58.2 Å². The molecule has 4 aliphatic rings. The lowest BCUT2D eigenvalue weighted by Gasteiger charge is -2.60. The molecule has 0 spiro atoms. The topological polar surface area (TPSA) is 114 Å². The summed E-state index contributed by atoms with van der Waals surface area (Å²) in [7, 11) is 0.